The van der Waals surface area contributed by atoms with Crippen molar-refractivity contribution >= 4 is 11.7 Å². The molecule has 1 aromatic rings. The minimum Gasteiger partial charge on any atom is -0.459 e. The minimum absolute atomic E-state index is 0.0691. The summed E-state index contributed by atoms with van der Waals surface area (Å²) in [6, 6.07) is 1.96. The number of nitrogens with two attached hydrogens (primary N) is 1. The third-order valence-corrected chi connectivity index (χ3v) is 1.99. The lowest BCUT2D eigenvalue weighted by molar-refractivity contribution is 0.0326. The molecule has 0 aliphatic heterocycles. The van der Waals surface area contributed by atoms with Crippen molar-refractivity contribution in [2.75, 3.05) is 25.6 Å². The number of halogens is 2. The second kappa shape index (κ2) is 6.15. The van der Waals surface area contributed by atoms with Gasteiger partial charge in [-0.15, -0.1) is 0 Å². The maximum atomic E-state index is 13.4. The molecule has 6 heteroatoms. The lowest BCUT2D eigenvalue weighted by Gasteiger charge is -2.07. The zero-order valence-corrected chi connectivity index (χ0v) is 9.33. The van der Waals surface area contributed by atoms with Crippen LogP contribution in [-0.4, -0.2) is 25.8 Å². The van der Waals surface area contributed by atoms with Crippen LogP contribution in [0.4, 0.5) is 14.5 Å². The number of hydrogen-bond donors (Lipinski definition) is 1. The van der Waals surface area contributed by atoms with Gasteiger partial charge in [0, 0.05) is 6.61 Å². The molecule has 2 N–H and O–H groups in total. The maximum absolute atomic E-state index is 13.4. The van der Waals surface area contributed by atoms with Crippen molar-refractivity contribution in [2.45, 2.75) is 6.92 Å². The summed E-state index contributed by atoms with van der Waals surface area (Å²) < 4.78 is 36.2. The van der Waals surface area contributed by atoms with Crippen molar-refractivity contribution < 1.29 is 23.0 Å². The zero-order valence-electron chi connectivity index (χ0n) is 9.33. The predicted octanol–water partition coefficient (Wildman–Crippen LogP) is 1.74. The first-order valence-corrected chi connectivity index (χ1v) is 5.06. The molecule has 0 unspecified atom stereocenters. The molecule has 0 aromatic heterocycles. The van der Waals surface area contributed by atoms with E-state index in [1.807, 2.05) is 0 Å². The molecule has 94 valence electrons. The lowest BCUT2D eigenvalue weighted by Crippen LogP contribution is -2.15. The molecule has 0 saturated heterocycles. The number of benzene rings is 1. The van der Waals surface area contributed by atoms with Gasteiger partial charge in [-0.3, -0.25) is 0 Å². The summed E-state index contributed by atoms with van der Waals surface area (Å²) in [5, 5.41) is 0. The van der Waals surface area contributed by atoms with Crippen LogP contribution in [0.3, 0.4) is 0 Å². The van der Waals surface area contributed by atoms with Crippen molar-refractivity contribution in [3.63, 3.8) is 0 Å². The number of carbonyl (C=O) groups is 1. The van der Waals surface area contributed by atoms with E-state index < -0.39 is 23.2 Å². The molecule has 0 heterocycles. The van der Waals surface area contributed by atoms with Crippen LogP contribution in [-0.2, 0) is 9.47 Å². The molecule has 0 aliphatic rings. The summed E-state index contributed by atoms with van der Waals surface area (Å²) in [5.74, 6) is -3.20. The van der Waals surface area contributed by atoms with Crippen LogP contribution >= 0.6 is 0 Å². The van der Waals surface area contributed by atoms with E-state index in [0.717, 1.165) is 12.1 Å². The van der Waals surface area contributed by atoms with Crippen molar-refractivity contribution in [2.24, 2.45) is 0 Å². The average Bonchev–Trinajstić information content (AvgIpc) is 2.30. The Hall–Kier alpha value is -1.69. The number of esters is 1. The number of hydrogen-bond acceptors (Lipinski definition) is 4. The summed E-state index contributed by atoms with van der Waals surface area (Å²) >= 11 is 0. The predicted molar refractivity (Wildman–Crippen MR) is 57.5 cm³/mol. The van der Waals surface area contributed by atoms with Crippen molar-refractivity contribution in [3.8, 4) is 0 Å². The Morgan fingerprint density at radius 1 is 1.35 bits per heavy atom. The third-order valence-electron chi connectivity index (χ3n) is 1.99. The van der Waals surface area contributed by atoms with Crippen LogP contribution < -0.4 is 5.73 Å². The molecule has 17 heavy (non-hydrogen) atoms. The molecular formula is C11H13F2NO3. The number of ether oxygens (including phenoxy) is 2. The van der Waals surface area contributed by atoms with Crippen LogP contribution in [0.25, 0.3) is 0 Å². The smallest absolute Gasteiger partial charge is 0.344 e. The minimum atomic E-state index is -1.11. The average molecular weight is 245 g/mol. The number of anilines is 1. The Bertz CT molecular complexity index is 410. The van der Waals surface area contributed by atoms with Crippen LogP contribution in [0.2, 0.25) is 0 Å². The van der Waals surface area contributed by atoms with Gasteiger partial charge in [0.15, 0.2) is 5.82 Å². The standard InChI is InChI=1S/C11H13F2NO3/c1-2-16-5-6-17-11(15)9-7(12)3-4-8(14)10(9)13/h3-4H,2,5-6,14H2,1H3. The molecule has 0 atom stereocenters. The highest BCUT2D eigenvalue weighted by molar-refractivity contribution is 5.91. The van der Waals surface area contributed by atoms with Crippen LogP contribution in [0.5, 0.6) is 0 Å². The molecule has 4 nitrogen and oxygen atoms in total. The molecule has 1 rings (SSSR count). The molecule has 1 aromatic carbocycles. The Labute approximate surface area is 97.3 Å². The Kier molecular flexibility index (Phi) is 4.84. The van der Waals surface area contributed by atoms with E-state index in [2.05, 4.69) is 4.74 Å². The van der Waals surface area contributed by atoms with Crippen molar-refractivity contribution in [1.29, 1.82) is 0 Å². The van der Waals surface area contributed by atoms with Gasteiger partial charge in [-0.2, -0.15) is 0 Å². The monoisotopic (exact) mass is 245 g/mol. The molecule has 0 bridgehead atoms. The highest BCUT2D eigenvalue weighted by Crippen LogP contribution is 2.19. The maximum Gasteiger partial charge on any atom is 0.344 e. The van der Waals surface area contributed by atoms with E-state index in [-0.39, 0.29) is 18.9 Å². The van der Waals surface area contributed by atoms with Gasteiger partial charge >= 0.3 is 5.97 Å². The molecule has 0 fully saturated rings. The highest BCUT2D eigenvalue weighted by Gasteiger charge is 2.20. The molecule has 0 amide bonds. The van der Waals surface area contributed by atoms with Crippen LogP contribution in [0, 0.1) is 11.6 Å². The van der Waals surface area contributed by atoms with E-state index in [9.17, 15) is 13.6 Å². The highest BCUT2D eigenvalue weighted by atomic mass is 19.1. The Balaban J connectivity index is 2.72. The van der Waals surface area contributed by atoms with E-state index in [1.54, 1.807) is 6.92 Å². The van der Waals surface area contributed by atoms with Gasteiger partial charge < -0.3 is 15.2 Å². The molecule has 0 spiro atoms. The van der Waals surface area contributed by atoms with Gasteiger partial charge in [-0.25, -0.2) is 13.6 Å². The first kappa shape index (κ1) is 13.4. The fraction of sp³-hybridized carbons (Fsp3) is 0.364. The van der Waals surface area contributed by atoms with Gasteiger partial charge in [0.25, 0.3) is 0 Å². The second-order valence-corrected chi connectivity index (χ2v) is 3.16. The van der Waals surface area contributed by atoms with E-state index in [0.29, 0.717) is 6.61 Å². The summed E-state index contributed by atoms with van der Waals surface area (Å²) in [6.07, 6.45) is 0. The summed E-state index contributed by atoms with van der Waals surface area (Å²) in [7, 11) is 0. The van der Waals surface area contributed by atoms with Crippen molar-refractivity contribution in [3.05, 3.63) is 29.3 Å². The Morgan fingerprint density at radius 2 is 2.06 bits per heavy atom. The SMILES string of the molecule is CCOCCOC(=O)c1c(F)ccc(N)c1F. The lowest BCUT2D eigenvalue weighted by atomic mass is 10.2. The number of nitrogen functional groups attached to an aromatic ring is 1. The molecule has 0 radical (unpaired) electrons. The van der Waals surface area contributed by atoms with E-state index in [4.69, 9.17) is 10.5 Å². The Morgan fingerprint density at radius 3 is 2.71 bits per heavy atom. The van der Waals surface area contributed by atoms with E-state index >= 15 is 0 Å². The summed E-state index contributed by atoms with van der Waals surface area (Å²) in [6.45, 7) is 2.35. The summed E-state index contributed by atoms with van der Waals surface area (Å²) in [4.78, 5) is 11.4. The van der Waals surface area contributed by atoms with Crippen molar-refractivity contribution in [1.82, 2.24) is 0 Å². The second-order valence-electron chi connectivity index (χ2n) is 3.16. The van der Waals surface area contributed by atoms with E-state index in [1.165, 1.54) is 0 Å². The fourth-order valence-electron chi connectivity index (χ4n) is 1.17. The normalized spacial score (nSPS) is 10.3. The third kappa shape index (κ3) is 3.39. The number of carbonyl (C=O) groups excluding carboxylic acids is 1. The molecule has 0 saturated carbocycles. The largest absolute Gasteiger partial charge is 0.459 e. The fourth-order valence-corrected chi connectivity index (χ4v) is 1.17. The summed E-state index contributed by atoms with van der Waals surface area (Å²) in [5.41, 5.74) is 4.15. The first-order chi connectivity index (χ1) is 8.07. The van der Waals surface area contributed by atoms with Gasteiger partial charge in [0.2, 0.25) is 0 Å². The first-order valence-electron chi connectivity index (χ1n) is 5.06. The zero-order chi connectivity index (χ0) is 12.8. The number of rotatable bonds is 5. The van der Waals surface area contributed by atoms with Gasteiger partial charge in [-0.1, -0.05) is 0 Å². The van der Waals surface area contributed by atoms with Crippen LogP contribution in [0.15, 0.2) is 12.1 Å². The van der Waals surface area contributed by atoms with Gasteiger partial charge in [-0.05, 0) is 19.1 Å². The molecule has 0 aliphatic carbocycles. The van der Waals surface area contributed by atoms with Gasteiger partial charge in [0.05, 0.1) is 12.3 Å². The quantitative estimate of drug-likeness (QED) is 0.487. The topological polar surface area (TPSA) is 61.5 Å². The van der Waals surface area contributed by atoms with Crippen LogP contribution in [0.1, 0.15) is 17.3 Å². The van der Waals surface area contributed by atoms with Gasteiger partial charge in [0.1, 0.15) is 18.0 Å². The molecular weight excluding hydrogens is 232 g/mol.